The molecule has 0 aliphatic heterocycles. The Labute approximate surface area is 147 Å². The number of benzene rings is 2. The molecule has 0 aliphatic rings. The fourth-order valence-corrected chi connectivity index (χ4v) is 2.17. The topological polar surface area (TPSA) is 72.8 Å². The van der Waals surface area contributed by atoms with Crippen LogP contribution in [0.25, 0.3) is 0 Å². The molecule has 0 spiro atoms. The van der Waals surface area contributed by atoms with Crippen LogP contribution in [0, 0.1) is 0 Å². The minimum absolute atomic E-state index is 0.0598. The predicted octanol–water partition coefficient (Wildman–Crippen LogP) is 4.00. The van der Waals surface area contributed by atoms with Crippen LogP contribution >= 0.6 is 0 Å². The zero-order chi connectivity index (χ0) is 18.1. The molecule has 0 saturated heterocycles. The molecule has 2 rings (SSSR count). The number of carbonyl (C=O) groups is 2. The third-order valence-corrected chi connectivity index (χ3v) is 3.63. The summed E-state index contributed by atoms with van der Waals surface area (Å²) in [6.07, 6.45) is 3.27. The Balaban J connectivity index is 1.82. The minimum atomic E-state index is -0.607. The lowest BCUT2D eigenvalue weighted by atomic mass is 10.1. The molecular weight excluding hydrogens is 320 g/mol. The molecule has 0 aliphatic carbocycles. The summed E-state index contributed by atoms with van der Waals surface area (Å²) in [5, 5.41) is 9.19. The van der Waals surface area contributed by atoms with E-state index in [0.717, 1.165) is 19.3 Å². The highest BCUT2D eigenvalue weighted by Gasteiger charge is 2.12. The summed E-state index contributed by atoms with van der Waals surface area (Å²) in [5.74, 6) is -0.118. The summed E-state index contributed by atoms with van der Waals surface area (Å²) in [6, 6.07) is 12.4. The summed E-state index contributed by atoms with van der Waals surface area (Å²) >= 11 is 0. The Bertz CT molecular complexity index is 689. The van der Waals surface area contributed by atoms with Gasteiger partial charge in [-0.05, 0) is 55.0 Å². The van der Waals surface area contributed by atoms with Gasteiger partial charge in [0.05, 0.1) is 12.2 Å². The molecule has 2 aromatic rings. The van der Waals surface area contributed by atoms with Crippen molar-refractivity contribution in [3.63, 3.8) is 0 Å². The number of rotatable bonds is 9. The average Bonchev–Trinajstić information content (AvgIpc) is 2.64. The van der Waals surface area contributed by atoms with Gasteiger partial charge >= 0.3 is 5.97 Å². The highest BCUT2D eigenvalue weighted by atomic mass is 16.5. The summed E-state index contributed by atoms with van der Waals surface area (Å²) in [4.78, 5) is 23.9. The number of carbonyl (C=O) groups excluding carboxylic acids is 2. The van der Waals surface area contributed by atoms with Gasteiger partial charge in [0.15, 0.2) is 12.4 Å². The smallest absolute Gasteiger partial charge is 0.338 e. The summed E-state index contributed by atoms with van der Waals surface area (Å²) in [5.41, 5.74) is 0.737. The lowest BCUT2D eigenvalue weighted by Crippen LogP contribution is -2.14. The van der Waals surface area contributed by atoms with E-state index < -0.39 is 5.97 Å². The second-order valence-electron chi connectivity index (χ2n) is 5.63. The second-order valence-corrected chi connectivity index (χ2v) is 5.63. The molecule has 0 fully saturated rings. The van der Waals surface area contributed by atoms with E-state index in [1.807, 2.05) is 0 Å². The molecular formula is C20H22O5. The lowest BCUT2D eigenvalue weighted by molar-refractivity contribution is 0.0474. The lowest BCUT2D eigenvalue weighted by Gasteiger charge is -2.07. The number of hydrogen-bond donors (Lipinski definition) is 1. The number of ketones is 1. The average molecular weight is 342 g/mol. The maximum atomic E-state index is 12.1. The number of unbranched alkanes of at least 4 members (excludes halogenated alkanes) is 2. The van der Waals surface area contributed by atoms with Crippen LogP contribution in [0.1, 0.15) is 46.9 Å². The molecule has 0 atom stereocenters. The number of ether oxygens (including phenoxy) is 2. The maximum absolute atomic E-state index is 12.1. The van der Waals surface area contributed by atoms with Crippen molar-refractivity contribution in [2.45, 2.75) is 26.2 Å². The first-order chi connectivity index (χ1) is 12.1. The first-order valence-electron chi connectivity index (χ1n) is 8.32. The molecule has 0 amide bonds. The van der Waals surface area contributed by atoms with Gasteiger partial charge in [-0.3, -0.25) is 4.79 Å². The molecule has 132 valence electrons. The highest BCUT2D eigenvalue weighted by molar-refractivity contribution is 5.99. The SMILES string of the molecule is CCCCCOc1ccc(C(=O)COC(=O)c2ccc(O)cc2)cc1. The molecule has 5 nitrogen and oxygen atoms in total. The Kier molecular flexibility index (Phi) is 7.01. The Morgan fingerprint density at radius 1 is 0.920 bits per heavy atom. The molecule has 0 aromatic heterocycles. The Hall–Kier alpha value is -2.82. The number of phenols is 1. The molecule has 0 unspecified atom stereocenters. The number of aromatic hydroxyl groups is 1. The van der Waals surface area contributed by atoms with Crippen LogP contribution in [0.15, 0.2) is 48.5 Å². The van der Waals surface area contributed by atoms with Crippen molar-refractivity contribution in [3.05, 3.63) is 59.7 Å². The fraction of sp³-hybridized carbons (Fsp3) is 0.300. The van der Waals surface area contributed by atoms with Crippen molar-refractivity contribution in [2.24, 2.45) is 0 Å². The summed E-state index contributed by atoms with van der Waals surface area (Å²) in [6.45, 7) is 2.46. The summed E-state index contributed by atoms with van der Waals surface area (Å²) in [7, 11) is 0. The Morgan fingerprint density at radius 3 is 2.20 bits per heavy atom. The van der Waals surface area contributed by atoms with Crippen molar-refractivity contribution in [1.29, 1.82) is 0 Å². The molecule has 0 bridgehead atoms. The van der Waals surface area contributed by atoms with E-state index in [4.69, 9.17) is 9.47 Å². The van der Waals surface area contributed by atoms with Gasteiger partial charge in [0.1, 0.15) is 11.5 Å². The molecule has 2 aromatic carbocycles. The molecule has 25 heavy (non-hydrogen) atoms. The van der Waals surface area contributed by atoms with Gasteiger partial charge < -0.3 is 14.6 Å². The van der Waals surface area contributed by atoms with Gasteiger partial charge in [-0.2, -0.15) is 0 Å². The number of Topliss-reactive ketones (excluding diaryl/α,β-unsaturated/α-hetero) is 1. The zero-order valence-electron chi connectivity index (χ0n) is 14.2. The molecule has 1 N–H and O–H groups in total. The first kappa shape index (κ1) is 18.5. The second kappa shape index (κ2) is 9.47. The van der Waals surface area contributed by atoms with E-state index in [-0.39, 0.29) is 23.7 Å². The molecule has 5 heteroatoms. The van der Waals surface area contributed by atoms with Crippen LogP contribution in [0.5, 0.6) is 11.5 Å². The fourth-order valence-electron chi connectivity index (χ4n) is 2.17. The maximum Gasteiger partial charge on any atom is 0.338 e. The number of hydrogen-bond acceptors (Lipinski definition) is 5. The Morgan fingerprint density at radius 2 is 1.56 bits per heavy atom. The van der Waals surface area contributed by atoms with Crippen molar-refractivity contribution in [1.82, 2.24) is 0 Å². The van der Waals surface area contributed by atoms with E-state index in [1.54, 1.807) is 24.3 Å². The quantitative estimate of drug-likeness (QED) is 0.423. The van der Waals surface area contributed by atoms with Crippen molar-refractivity contribution in [3.8, 4) is 11.5 Å². The third-order valence-electron chi connectivity index (χ3n) is 3.63. The van der Waals surface area contributed by atoms with Crippen LogP contribution in [-0.2, 0) is 4.74 Å². The van der Waals surface area contributed by atoms with Crippen LogP contribution in [-0.4, -0.2) is 30.1 Å². The van der Waals surface area contributed by atoms with Crippen LogP contribution < -0.4 is 4.74 Å². The zero-order valence-corrected chi connectivity index (χ0v) is 14.2. The first-order valence-corrected chi connectivity index (χ1v) is 8.32. The van der Waals surface area contributed by atoms with Crippen molar-refractivity contribution < 1.29 is 24.2 Å². The van der Waals surface area contributed by atoms with Crippen molar-refractivity contribution in [2.75, 3.05) is 13.2 Å². The number of esters is 1. The standard InChI is InChI=1S/C20H22O5/c1-2-3-4-13-24-18-11-7-15(8-12-18)19(22)14-25-20(23)16-5-9-17(21)10-6-16/h5-12,21H,2-4,13-14H2,1H3. The minimum Gasteiger partial charge on any atom is -0.508 e. The predicted molar refractivity (Wildman–Crippen MR) is 94.2 cm³/mol. The van der Waals surface area contributed by atoms with Gasteiger partial charge in [0.25, 0.3) is 0 Å². The van der Waals surface area contributed by atoms with Gasteiger partial charge in [-0.15, -0.1) is 0 Å². The monoisotopic (exact) mass is 342 g/mol. The normalized spacial score (nSPS) is 10.3. The van der Waals surface area contributed by atoms with Crippen LogP contribution in [0.3, 0.4) is 0 Å². The van der Waals surface area contributed by atoms with E-state index in [0.29, 0.717) is 17.9 Å². The van der Waals surface area contributed by atoms with Crippen molar-refractivity contribution >= 4 is 11.8 Å². The van der Waals surface area contributed by atoms with Gasteiger partial charge in [-0.25, -0.2) is 4.79 Å². The third kappa shape index (κ3) is 5.95. The van der Waals surface area contributed by atoms with E-state index in [2.05, 4.69) is 6.92 Å². The van der Waals surface area contributed by atoms with Crippen LogP contribution in [0.4, 0.5) is 0 Å². The molecule has 0 radical (unpaired) electrons. The number of phenolic OH excluding ortho intramolecular Hbond substituents is 1. The van der Waals surface area contributed by atoms with Gasteiger partial charge in [0, 0.05) is 5.56 Å². The summed E-state index contributed by atoms with van der Waals surface area (Å²) < 4.78 is 10.6. The van der Waals surface area contributed by atoms with E-state index >= 15 is 0 Å². The molecule has 0 heterocycles. The van der Waals surface area contributed by atoms with E-state index in [9.17, 15) is 14.7 Å². The van der Waals surface area contributed by atoms with Crippen LogP contribution in [0.2, 0.25) is 0 Å². The molecule has 0 saturated carbocycles. The largest absolute Gasteiger partial charge is 0.508 e. The van der Waals surface area contributed by atoms with E-state index in [1.165, 1.54) is 24.3 Å². The highest BCUT2D eigenvalue weighted by Crippen LogP contribution is 2.14. The van der Waals surface area contributed by atoms with Gasteiger partial charge in [-0.1, -0.05) is 19.8 Å². The van der Waals surface area contributed by atoms with Gasteiger partial charge in [0.2, 0.25) is 0 Å².